The number of halogens is 1. The Bertz CT molecular complexity index is 774. The van der Waals surface area contributed by atoms with Crippen LogP contribution in [-0.4, -0.2) is 11.4 Å². The van der Waals surface area contributed by atoms with Crippen LogP contribution in [0.3, 0.4) is 0 Å². The lowest BCUT2D eigenvalue weighted by Gasteiger charge is -2.12. The summed E-state index contributed by atoms with van der Waals surface area (Å²) in [7, 11) is 0. The third-order valence-electron chi connectivity index (χ3n) is 3.54. The number of benzene rings is 2. The topological polar surface area (TPSA) is 32.3 Å². The lowest BCUT2D eigenvalue weighted by atomic mass is 10.2. The summed E-state index contributed by atoms with van der Waals surface area (Å²) in [6, 6.07) is 15.8. The van der Waals surface area contributed by atoms with Crippen LogP contribution in [0.4, 0.5) is 11.4 Å². The predicted molar refractivity (Wildman–Crippen MR) is 91.0 cm³/mol. The molecule has 0 aromatic heterocycles. The number of anilines is 2. The van der Waals surface area contributed by atoms with Gasteiger partial charge in [0.05, 0.1) is 16.3 Å². The van der Waals surface area contributed by atoms with Gasteiger partial charge in [-0.2, -0.15) is 0 Å². The monoisotopic (exact) mass is 358 g/mol. The van der Waals surface area contributed by atoms with Crippen molar-refractivity contribution in [2.24, 2.45) is 0 Å². The number of rotatable bonds is 1. The molecule has 1 fully saturated rings. The largest absolute Gasteiger partial charge is 0.354 e. The highest BCUT2D eigenvalue weighted by Gasteiger charge is 2.42. The van der Waals surface area contributed by atoms with Crippen LogP contribution in [-0.2, 0) is 4.79 Å². The lowest BCUT2D eigenvalue weighted by Crippen LogP contribution is -2.31. The maximum Gasteiger partial charge on any atom is 0.267 e. The highest BCUT2D eigenvalue weighted by atomic mass is 79.9. The minimum absolute atomic E-state index is 0.0383. The van der Waals surface area contributed by atoms with Gasteiger partial charge in [-0.3, -0.25) is 9.69 Å². The number of fused-ring (bicyclic) bond motifs is 3. The van der Waals surface area contributed by atoms with Crippen LogP contribution in [0.5, 0.6) is 0 Å². The van der Waals surface area contributed by atoms with E-state index >= 15 is 0 Å². The summed E-state index contributed by atoms with van der Waals surface area (Å²) in [4.78, 5) is 15.2. The van der Waals surface area contributed by atoms with Crippen LogP contribution in [0.25, 0.3) is 6.08 Å². The van der Waals surface area contributed by atoms with E-state index in [4.69, 9.17) is 0 Å². The van der Waals surface area contributed by atoms with Crippen molar-refractivity contribution < 1.29 is 4.79 Å². The van der Waals surface area contributed by atoms with E-state index < -0.39 is 0 Å². The Morgan fingerprint density at radius 3 is 2.76 bits per heavy atom. The van der Waals surface area contributed by atoms with E-state index in [0.717, 1.165) is 26.3 Å². The molecule has 2 aromatic rings. The molecule has 1 atom stereocenters. The first-order valence-electron chi connectivity index (χ1n) is 6.56. The second-order valence-electron chi connectivity index (χ2n) is 4.84. The minimum atomic E-state index is -0.0383. The first-order chi connectivity index (χ1) is 10.2. The average molecular weight is 359 g/mol. The Hall–Kier alpha value is -1.72. The summed E-state index contributed by atoms with van der Waals surface area (Å²) in [5, 5.41) is 3.37. The molecule has 2 aliphatic heterocycles. The first kappa shape index (κ1) is 13.0. The van der Waals surface area contributed by atoms with Crippen molar-refractivity contribution in [2.45, 2.75) is 5.50 Å². The van der Waals surface area contributed by atoms with E-state index in [1.165, 1.54) is 0 Å². The molecule has 1 saturated heterocycles. The van der Waals surface area contributed by atoms with Crippen LogP contribution in [0, 0.1) is 0 Å². The van der Waals surface area contributed by atoms with E-state index in [1.54, 1.807) is 11.8 Å². The second-order valence-corrected chi connectivity index (χ2v) is 6.81. The molecule has 4 rings (SSSR count). The van der Waals surface area contributed by atoms with Gasteiger partial charge in [0.1, 0.15) is 0 Å². The Labute approximate surface area is 135 Å². The van der Waals surface area contributed by atoms with Crippen LogP contribution in [0.2, 0.25) is 0 Å². The zero-order chi connectivity index (χ0) is 14.4. The quantitative estimate of drug-likeness (QED) is 0.772. The van der Waals surface area contributed by atoms with Crippen molar-refractivity contribution in [3.63, 3.8) is 0 Å². The average Bonchev–Trinajstić information content (AvgIpc) is 2.99. The number of hydrogen-bond donors (Lipinski definition) is 1. The molecule has 3 nitrogen and oxygen atoms in total. The van der Waals surface area contributed by atoms with Crippen molar-refractivity contribution in [1.29, 1.82) is 0 Å². The number of nitrogens with one attached hydrogen (secondary N) is 1. The van der Waals surface area contributed by atoms with Gasteiger partial charge >= 0.3 is 0 Å². The standard InChI is InChI=1S/C16H11BrN2OS/c17-11-6-2-1-5-10(11)9-14-15(20)19-13-8-4-3-7-12(13)18-16(19)21-14/h1-9,16,18H/b14-9-/t16-/m1/s1. The molecule has 104 valence electrons. The molecule has 21 heavy (non-hydrogen) atoms. The predicted octanol–water partition coefficient (Wildman–Crippen LogP) is 4.28. The highest BCUT2D eigenvalue weighted by molar-refractivity contribution is 9.10. The van der Waals surface area contributed by atoms with Crippen molar-refractivity contribution in [2.75, 3.05) is 10.2 Å². The zero-order valence-electron chi connectivity index (χ0n) is 10.9. The van der Waals surface area contributed by atoms with Crippen molar-refractivity contribution in [3.05, 3.63) is 63.5 Å². The molecule has 0 saturated carbocycles. The maximum atomic E-state index is 12.6. The Balaban J connectivity index is 1.71. The fourth-order valence-electron chi connectivity index (χ4n) is 2.55. The van der Waals surface area contributed by atoms with Gasteiger partial charge in [-0.05, 0) is 29.8 Å². The van der Waals surface area contributed by atoms with Gasteiger partial charge in [0.2, 0.25) is 0 Å². The molecular formula is C16H11BrN2OS. The van der Waals surface area contributed by atoms with E-state index in [9.17, 15) is 4.79 Å². The van der Waals surface area contributed by atoms with Crippen molar-refractivity contribution in [3.8, 4) is 0 Å². The number of nitrogens with zero attached hydrogens (tertiary/aromatic N) is 1. The number of carbonyl (C=O) groups excluding carboxylic acids is 1. The number of para-hydroxylation sites is 2. The van der Waals surface area contributed by atoms with E-state index in [0.29, 0.717) is 0 Å². The van der Waals surface area contributed by atoms with E-state index in [-0.39, 0.29) is 11.4 Å². The maximum absolute atomic E-state index is 12.6. The van der Waals surface area contributed by atoms with Crippen LogP contribution >= 0.6 is 27.7 Å². The molecule has 2 aliphatic rings. The molecule has 0 spiro atoms. The van der Waals surface area contributed by atoms with Crippen LogP contribution in [0.1, 0.15) is 5.56 Å². The third-order valence-corrected chi connectivity index (χ3v) is 5.36. The van der Waals surface area contributed by atoms with Gasteiger partial charge in [-0.25, -0.2) is 0 Å². The molecule has 5 heteroatoms. The number of amides is 1. The Morgan fingerprint density at radius 1 is 1.14 bits per heavy atom. The van der Waals surface area contributed by atoms with Gasteiger partial charge in [0.25, 0.3) is 5.91 Å². The van der Waals surface area contributed by atoms with Crippen LogP contribution < -0.4 is 10.2 Å². The lowest BCUT2D eigenvalue weighted by molar-refractivity contribution is -0.114. The highest BCUT2D eigenvalue weighted by Crippen LogP contribution is 2.47. The first-order valence-corrected chi connectivity index (χ1v) is 8.23. The smallest absolute Gasteiger partial charge is 0.267 e. The molecule has 2 heterocycles. The van der Waals surface area contributed by atoms with Gasteiger partial charge in [0.15, 0.2) is 5.50 Å². The molecular weight excluding hydrogens is 348 g/mol. The molecule has 2 aromatic carbocycles. The number of hydrogen-bond acceptors (Lipinski definition) is 3. The normalized spacial score (nSPS) is 21.4. The summed E-state index contributed by atoms with van der Waals surface area (Å²) in [6.45, 7) is 0. The summed E-state index contributed by atoms with van der Waals surface area (Å²) in [5.41, 5.74) is 2.95. The molecule has 0 bridgehead atoms. The number of carbonyl (C=O) groups is 1. The van der Waals surface area contributed by atoms with Gasteiger partial charge in [-0.1, -0.05) is 58.0 Å². The fourth-order valence-corrected chi connectivity index (χ4v) is 4.08. The van der Waals surface area contributed by atoms with Crippen molar-refractivity contribution in [1.82, 2.24) is 0 Å². The van der Waals surface area contributed by atoms with E-state index in [1.807, 2.05) is 59.5 Å². The second kappa shape index (κ2) is 4.93. The molecule has 1 N–H and O–H groups in total. The van der Waals surface area contributed by atoms with Gasteiger partial charge in [0, 0.05) is 4.47 Å². The Kier molecular flexibility index (Phi) is 3.05. The van der Waals surface area contributed by atoms with Crippen molar-refractivity contribution >= 4 is 51.0 Å². The summed E-state index contributed by atoms with van der Waals surface area (Å²) in [5.74, 6) is 0.0539. The molecule has 1 amide bonds. The van der Waals surface area contributed by atoms with Crippen LogP contribution in [0.15, 0.2) is 57.9 Å². The molecule has 0 radical (unpaired) electrons. The SMILES string of the molecule is O=C1/C(=C/c2ccccc2Br)S[C@@H]2Nc3ccccc3N12. The summed E-state index contributed by atoms with van der Waals surface area (Å²) in [6.07, 6.45) is 1.94. The summed E-state index contributed by atoms with van der Waals surface area (Å²) >= 11 is 5.07. The Morgan fingerprint density at radius 2 is 1.90 bits per heavy atom. The molecule has 0 unspecified atom stereocenters. The van der Waals surface area contributed by atoms with Gasteiger partial charge < -0.3 is 5.32 Å². The van der Waals surface area contributed by atoms with Gasteiger partial charge in [-0.15, -0.1) is 0 Å². The third kappa shape index (κ3) is 2.08. The minimum Gasteiger partial charge on any atom is -0.354 e. The molecule has 0 aliphatic carbocycles. The number of thioether (sulfide) groups is 1. The zero-order valence-corrected chi connectivity index (χ0v) is 13.3. The summed E-state index contributed by atoms with van der Waals surface area (Å²) < 4.78 is 0.992. The fraction of sp³-hybridized carbons (Fsp3) is 0.0625. The van der Waals surface area contributed by atoms with E-state index in [2.05, 4.69) is 21.2 Å².